The first-order valence-electron chi connectivity index (χ1n) is 9.96. The Balaban J connectivity index is 1.44. The van der Waals surface area contributed by atoms with Crippen molar-refractivity contribution in [3.63, 3.8) is 0 Å². The van der Waals surface area contributed by atoms with E-state index >= 15 is 4.39 Å². The summed E-state index contributed by atoms with van der Waals surface area (Å²) in [6.45, 7) is 2.49. The summed E-state index contributed by atoms with van der Waals surface area (Å²) >= 11 is 0. The Bertz CT molecular complexity index is 1310. The van der Waals surface area contributed by atoms with E-state index in [2.05, 4.69) is 15.4 Å². The van der Waals surface area contributed by atoms with Crippen molar-refractivity contribution in [3.8, 4) is 11.1 Å². The predicted octanol–water partition coefficient (Wildman–Crippen LogP) is 3.71. The van der Waals surface area contributed by atoms with Crippen molar-refractivity contribution in [3.05, 3.63) is 71.8 Å². The minimum atomic E-state index is -0.607. The van der Waals surface area contributed by atoms with Crippen molar-refractivity contribution in [2.24, 2.45) is 0 Å². The molecule has 2 amide bonds. The second kappa shape index (κ2) is 7.46. The van der Waals surface area contributed by atoms with Crippen molar-refractivity contribution in [2.75, 3.05) is 0 Å². The van der Waals surface area contributed by atoms with Gasteiger partial charge in [-0.3, -0.25) is 24.6 Å². The van der Waals surface area contributed by atoms with Gasteiger partial charge in [-0.25, -0.2) is 4.39 Å². The standard InChI is InChI=1S/C23H19FN4O3/c1-13-2-3-16(25-8-13)11-28-10-15(9-26-28)14-6-19(24)22-18(12-31-20(22)7-14)17-4-5-21(29)27-23(17)30/h2-3,6-10,12,17H,4-5,11H2,1H3,(H,27,29,30). The molecule has 7 nitrogen and oxygen atoms in total. The van der Waals surface area contributed by atoms with Crippen LogP contribution in [0.3, 0.4) is 0 Å². The maximum Gasteiger partial charge on any atom is 0.234 e. The maximum absolute atomic E-state index is 15.1. The van der Waals surface area contributed by atoms with Crippen LogP contribution in [0.2, 0.25) is 0 Å². The number of fused-ring (bicyclic) bond motifs is 1. The van der Waals surface area contributed by atoms with Crippen LogP contribution in [0.15, 0.2) is 53.5 Å². The molecule has 1 fully saturated rings. The number of aryl methyl sites for hydroxylation is 1. The second-order valence-corrected chi connectivity index (χ2v) is 7.78. The topological polar surface area (TPSA) is 90.0 Å². The van der Waals surface area contributed by atoms with Crippen LogP contribution >= 0.6 is 0 Å². The average molecular weight is 418 g/mol. The number of furan rings is 1. The third kappa shape index (κ3) is 3.61. The Hall–Kier alpha value is -3.81. The number of halogens is 1. The molecular weight excluding hydrogens is 399 g/mol. The van der Waals surface area contributed by atoms with Gasteiger partial charge in [0.1, 0.15) is 11.4 Å². The van der Waals surface area contributed by atoms with Crippen LogP contribution < -0.4 is 5.32 Å². The zero-order valence-electron chi connectivity index (χ0n) is 16.8. The zero-order chi connectivity index (χ0) is 21.5. The first-order valence-corrected chi connectivity index (χ1v) is 9.96. The fraction of sp³-hybridized carbons (Fsp3) is 0.217. The van der Waals surface area contributed by atoms with E-state index < -0.39 is 17.6 Å². The van der Waals surface area contributed by atoms with Gasteiger partial charge in [0.05, 0.1) is 36.0 Å². The van der Waals surface area contributed by atoms with Crippen LogP contribution in [0.25, 0.3) is 22.1 Å². The van der Waals surface area contributed by atoms with Crippen molar-refractivity contribution in [1.82, 2.24) is 20.1 Å². The van der Waals surface area contributed by atoms with Gasteiger partial charge < -0.3 is 4.42 Å². The highest BCUT2D eigenvalue weighted by Crippen LogP contribution is 2.36. The normalized spacial score (nSPS) is 16.6. The highest BCUT2D eigenvalue weighted by Gasteiger charge is 2.31. The first kappa shape index (κ1) is 19.2. The number of amides is 2. The number of carbonyl (C=O) groups excluding carboxylic acids is 2. The largest absolute Gasteiger partial charge is 0.464 e. The molecule has 1 aromatic carbocycles. The number of aromatic nitrogens is 3. The fourth-order valence-electron chi connectivity index (χ4n) is 3.91. The van der Waals surface area contributed by atoms with E-state index in [-0.39, 0.29) is 17.7 Å². The number of nitrogens with zero attached hydrogens (tertiary/aromatic N) is 3. The van der Waals surface area contributed by atoms with E-state index in [1.54, 1.807) is 23.1 Å². The van der Waals surface area contributed by atoms with E-state index in [0.717, 1.165) is 16.8 Å². The Kier molecular flexibility index (Phi) is 4.62. The van der Waals surface area contributed by atoms with Crippen molar-refractivity contribution >= 4 is 22.8 Å². The van der Waals surface area contributed by atoms with E-state index in [0.29, 0.717) is 29.7 Å². The average Bonchev–Trinajstić information content (AvgIpc) is 3.37. The van der Waals surface area contributed by atoms with Crippen LogP contribution in [0.5, 0.6) is 0 Å². The Morgan fingerprint density at radius 2 is 2.10 bits per heavy atom. The van der Waals surface area contributed by atoms with Crippen LogP contribution in [0.4, 0.5) is 4.39 Å². The van der Waals surface area contributed by atoms with Gasteiger partial charge in [0.25, 0.3) is 0 Å². The molecule has 8 heteroatoms. The summed E-state index contributed by atoms with van der Waals surface area (Å²) in [5.41, 5.74) is 4.14. The molecule has 5 rings (SSSR count). The molecule has 0 bridgehead atoms. The minimum absolute atomic E-state index is 0.220. The molecule has 31 heavy (non-hydrogen) atoms. The fourth-order valence-corrected chi connectivity index (χ4v) is 3.91. The van der Waals surface area contributed by atoms with Gasteiger partial charge in [0.2, 0.25) is 11.8 Å². The molecule has 1 aliphatic heterocycles. The third-order valence-electron chi connectivity index (χ3n) is 5.53. The number of hydrogen-bond donors (Lipinski definition) is 1. The molecule has 3 aromatic heterocycles. The number of pyridine rings is 1. The highest BCUT2D eigenvalue weighted by molar-refractivity contribution is 6.03. The van der Waals surface area contributed by atoms with Crippen molar-refractivity contribution < 1.29 is 18.4 Å². The van der Waals surface area contributed by atoms with Crippen LogP contribution in [0.1, 0.15) is 35.6 Å². The van der Waals surface area contributed by atoms with Gasteiger partial charge in [-0.15, -0.1) is 0 Å². The number of nitrogens with one attached hydrogen (secondary N) is 1. The van der Waals surface area contributed by atoms with E-state index in [4.69, 9.17) is 4.42 Å². The number of piperidine rings is 1. The molecule has 0 spiro atoms. The molecule has 1 saturated heterocycles. The maximum atomic E-state index is 15.1. The summed E-state index contributed by atoms with van der Waals surface area (Å²) in [7, 11) is 0. The monoisotopic (exact) mass is 418 g/mol. The van der Waals surface area contributed by atoms with Gasteiger partial charge >= 0.3 is 0 Å². The molecule has 1 unspecified atom stereocenters. The van der Waals surface area contributed by atoms with Crippen molar-refractivity contribution in [1.29, 1.82) is 0 Å². The number of benzene rings is 1. The smallest absolute Gasteiger partial charge is 0.234 e. The van der Waals surface area contributed by atoms with E-state index in [1.165, 1.54) is 12.3 Å². The lowest BCUT2D eigenvalue weighted by Gasteiger charge is -2.19. The SMILES string of the molecule is Cc1ccc(Cn2cc(-c3cc(F)c4c(C5CCC(=O)NC5=O)coc4c3)cn2)nc1. The van der Waals surface area contributed by atoms with Crippen LogP contribution in [-0.2, 0) is 16.1 Å². The molecule has 4 aromatic rings. The minimum Gasteiger partial charge on any atom is -0.464 e. The molecule has 0 aliphatic carbocycles. The van der Waals surface area contributed by atoms with E-state index in [1.807, 2.05) is 25.3 Å². The predicted molar refractivity (Wildman–Crippen MR) is 111 cm³/mol. The van der Waals surface area contributed by atoms with E-state index in [9.17, 15) is 9.59 Å². The number of imide groups is 1. The van der Waals surface area contributed by atoms with Gasteiger partial charge in [0, 0.05) is 29.9 Å². The summed E-state index contributed by atoms with van der Waals surface area (Å²) in [4.78, 5) is 28.0. The van der Waals surface area contributed by atoms with Crippen molar-refractivity contribution in [2.45, 2.75) is 32.2 Å². The second-order valence-electron chi connectivity index (χ2n) is 7.78. The first-order chi connectivity index (χ1) is 15.0. The van der Waals surface area contributed by atoms with Crippen LogP contribution in [-0.4, -0.2) is 26.6 Å². The lowest BCUT2D eigenvalue weighted by Crippen LogP contribution is -2.39. The van der Waals surface area contributed by atoms with Crippen LogP contribution in [0, 0.1) is 12.7 Å². The lowest BCUT2D eigenvalue weighted by molar-refractivity contribution is -0.134. The summed E-state index contributed by atoms with van der Waals surface area (Å²) in [5.74, 6) is -1.82. The highest BCUT2D eigenvalue weighted by atomic mass is 19.1. The zero-order valence-corrected chi connectivity index (χ0v) is 16.8. The Morgan fingerprint density at radius 3 is 2.87 bits per heavy atom. The van der Waals surface area contributed by atoms with Gasteiger partial charge in [-0.1, -0.05) is 6.07 Å². The summed E-state index contributed by atoms with van der Waals surface area (Å²) in [5, 5.41) is 6.93. The third-order valence-corrected chi connectivity index (χ3v) is 5.53. The number of rotatable bonds is 4. The Morgan fingerprint density at radius 1 is 1.23 bits per heavy atom. The molecule has 156 valence electrons. The molecule has 1 N–H and O–H groups in total. The molecule has 0 saturated carbocycles. The number of carbonyl (C=O) groups is 2. The van der Waals surface area contributed by atoms with Gasteiger partial charge in [-0.05, 0) is 42.7 Å². The molecular formula is C23H19FN4O3. The van der Waals surface area contributed by atoms with Gasteiger partial charge in [0.15, 0.2) is 0 Å². The molecule has 0 radical (unpaired) electrons. The quantitative estimate of drug-likeness (QED) is 0.511. The lowest BCUT2D eigenvalue weighted by atomic mass is 9.90. The Labute approximate surface area is 176 Å². The number of hydrogen-bond acceptors (Lipinski definition) is 5. The molecule has 1 atom stereocenters. The summed E-state index contributed by atoms with van der Waals surface area (Å²) in [6, 6.07) is 7.09. The van der Waals surface area contributed by atoms with Gasteiger partial charge in [-0.2, -0.15) is 5.10 Å². The summed E-state index contributed by atoms with van der Waals surface area (Å²) < 4.78 is 22.4. The molecule has 1 aliphatic rings. The summed E-state index contributed by atoms with van der Waals surface area (Å²) in [6.07, 6.45) is 7.26. The molecule has 4 heterocycles.